The first-order valence-corrected chi connectivity index (χ1v) is 8.82. The number of rotatable bonds is 3. The first kappa shape index (κ1) is 13.3. The van der Waals surface area contributed by atoms with E-state index in [-0.39, 0.29) is 11.8 Å². The third-order valence-corrected chi connectivity index (χ3v) is 6.36. The molecule has 2 bridgehead atoms. The lowest BCUT2D eigenvalue weighted by molar-refractivity contribution is -0.152. The molecule has 1 heterocycles. The van der Waals surface area contributed by atoms with Crippen molar-refractivity contribution >= 4 is 26.2 Å². The minimum absolute atomic E-state index is 0.123. The number of carbonyl (C=O) groups excluding carboxylic acids is 1. The number of hydrogen-bond acceptors (Lipinski definition) is 7. The van der Waals surface area contributed by atoms with E-state index in [2.05, 4.69) is 0 Å². The molecule has 0 aromatic rings. The molecular formula is C9H12O8S2. The van der Waals surface area contributed by atoms with Gasteiger partial charge in [-0.3, -0.25) is 13.5 Å². The Bertz CT molecular complexity index is 621. The summed E-state index contributed by atoms with van der Waals surface area (Å²) < 4.78 is 62.9. The molecule has 0 aromatic carbocycles. The Hall–Kier alpha value is -0.710. The zero-order valence-corrected chi connectivity index (χ0v) is 11.3. The molecule has 1 aliphatic heterocycles. The van der Waals surface area contributed by atoms with Crippen molar-refractivity contribution < 1.29 is 35.1 Å². The lowest BCUT2D eigenvalue weighted by Gasteiger charge is -2.24. The largest absolute Gasteiger partial charge is 0.458 e. The minimum Gasteiger partial charge on any atom is -0.458 e. The molecule has 0 amide bonds. The Morgan fingerprint density at radius 2 is 2.05 bits per heavy atom. The number of carbonyl (C=O) groups is 1. The van der Waals surface area contributed by atoms with Crippen molar-refractivity contribution in [1.29, 1.82) is 0 Å². The van der Waals surface area contributed by atoms with Crippen LogP contribution >= 0.6 is 0 Å². The number of ether oxygens (including phenoxy) is 1. The molecule has 2 saturated carbocycles. The van der Waals surface area contributed by atoms with E-state index in [1.165, 1.54) is 0 Å². The predicted octanol–water partition coefficient (Wildman–Crippen LogP) is -1.08. The Morgan fingerprint density at radius 3 is 2.68 bits per heavy atom. The number of hydrogen-bond donors (Lipinski definition) is 1. The fraction of sp³-hybridized carbons (Fsp3) is 0.889. The molecule has 1 saturated heterocycles. The van der Waals surface area contributed by atoms with Crippen molar-refractivity contribution in [2.24, 2.45) is 11.8 Å². The Morgan fingerprint density at radius 1 is 1.37 bits per heavy atom. The van der Waals surface area contributed by atoms with E-state index < -0.39 is 49.4 Å². The highest BCUT2D eigenvalue weighted by Gasteiger charge is 2.65. The molecule has 2 aliphatic carbocycles. The molecule has 19 heavy (non-hydrogen) atoms. The second kappa shape index (κ2) is 3.90. The van der Waals surface area contributed by atoms with Gasteiger partial charge in [0.05, 0.1) is 5.25 Å². The maximum absolute atomic E-state index is 11.6. The topological polar surface area (TPSA) is 124 Å². The lowest BCUT2D eigenvalue weighted by atomic mass is 9.94. The van der Waals surface area contributed by atoms with E-state index in [0.29, 0.717) is 12.8 Å². The molecule has 10 heteroatoms. The third kappa shape index (κ3) is 2.16. The summed E-state index contributed by atoms with van der Waals surface area (Å²) in [4.78, 5) is 11.4. The van der Waals surface area contributed by atoms with Crippen LogP contribution in [0.1, 0.15) is 12.8 Å². The van der Waals surface area contributed by atoms with Gasteiger partial charge in [0, 0.05) is 11.8 Å². The Balaban J connectivity index is 1.74. The molecular weight excluding hydrogens is 300 g/mol. The van der Waals surface area contributed by atoms with Crippen LogP contribution in [-0.4, -0.2) is 50.6 Å². The first-order chi connectivity index (χ1) is 8.67. The van der Waals surface area contributed by atoms with Gasteiger partial charge in [0.15, 0.2) is 5.75 Å². The summed E-state index contributed by atoms with van der Waals surface area (Å²) in [5, 5.41) is -0.529. The van der Waals surface area contributed by atoms with Gasteiger partial charge in [-0.1, -0.05) is 0 Å². The van der Waals surface area contributed by atoms with E-state index in [1.54, 1.807) is 0 Å². The van der Waals surface area contributed by atoms with Crippen LogP contribution in [0.25, 0.3) is 0 Å². The Kier molecular flexibility index (Phi) is 2.73. The van der Waals surface area contributed by atoms with Crippen LogP contribution in [-0.2, 0) is 34.0 Å². The van der Waals surface area contributed by atoms with Gasteiger partial charge >= 0.3 is 5.97 Å². The smallest absolute Gasteiger partial charge is 0.324 e. The van der Waals surface area contributed by atoms with E-state index in [9.17, 15) is 21.6 Å². The molecule has 108 valence electrons. The lowest BCUT2D eigenvalue weighted by Crippen LogP contribution is -2.38. The highest BCUT2D eigenvalue weighted by molar-refractivity contribution is 7.87. The molecule has 1 N–H and O–H groups in total. The van der Waals surface area contributed by atoms with Crippen LogP contribution in [0.3, 0.4) is 0 Å². The third-order valence-electron chi connectivity index (χ3n) is 3.98. The van der Waals surface area contributed by atoms with Crippen molar-refractivity contribution in [3.63, 3.8) is 0 Å². The summed E-state index contributed by atoms with van der Waals surface area (Å²) in [7, 11) is -8.04. The van der Waals surface area contributed by atoms with Gasteiger partial charge in [0.2, 0.25) is 0 Å². The van der Waals surface area contributed by atoms with Gasteiger partial charge in [-0.25, -0.2) is 0 Å². The van der Waals surface area contributed by atoms with Crippen LogP contribution in [0.15, 0.2) is 0 Å². The molecule has 4 unspecified atom stereocenters. The average molecular weight is 312 g/mol. The molecule has 5 atom stereocenters. The number of esters is 1. The molecule has 3 aliphatic rings. The zero-order valence-electron chi connectivity index (χ0n) is 9.63. The summed E-state index contributed by atoms with van der Waals surface area (Å²) >= 11 is 0. The molecule has 0 radical (unpaired) electrons. The van der Waals surface area contributed by atoms with Gasteiger partial charge in [0.25, 0.3) is 20.2 Å². The molecule has 0 spiro atoms. The van der Waals surface area contributed by atoms with Crippen molar-refractivity contribution in [1.82, 2.24) is 0 Å². The van der Waals surface area contributed by atoms with Crippen LogP contribution in [0.2, 0.25) is 0 Å². The van der Waals surface area contributed by atoms with E-state index in [1.807, 2.05) is 0 Å². The van der Waals surface area contributed by atoms with Crippen molar-refractivity contribution in [3.05, 3.63) is 0 Å². The van der Waals surface area contributed by atoms with Gasteiger partial charge in [-0.2, -0.15) is 16.8 Å². The minimum atomic E-state index is -4.45. The van der Waals surface area contributed by atoms with Crippen LogP contribution in [0, 0.1) is 11.8 Å². The Labute approximate surface area is 109 Å². The predicted molar refractivity (Wildman–Crippen MR) is 60.1 cm³/mol. The van der Waals surface area contributed by atoms with E-state index in [0.717, 1.165) is 0 Å². The van der Waals surface area contributed by atoms with Crippen molar-refractivity contribution in [2.45, 2.75) is 30.3 Å². The van der Waals surface area contributed by atoms with E-state index >= 15 is 0 Å². The van der Waals surface area contributed by atoms with Gasteiger partial charge in [-0.05, 0) is 12.8 Å². The summed E-state index contributed by atoms with van der Waals surface area (Å²) in [6, 6.07) is 0. The van der Waals surface area contributed by atoms with Crippen LogP contribution in [0.5, 0.6) is 0 Å². The maximum Gasteiger partial charge on any atom is 0.324 e. The summed E-state index contributed by atoms with van der Waals surface area (Å²) in [5.41, 5.74) is 0. The van der Waals surface area contributed by atoms with Crippen molar-refractivity contribution in [3.8, 4) is 0 Å². The quantitative estimate of drug-likeness (QED) is 0.396. The highest BCUT2D eigenvalue weighted by atomic mass is 32.2. The summed E-state index contributed by atoms with van der Waals surface area (Å²) in [6.07, 6.45) is -0.488. The maximum atomic E-state index is 11.6. The van der Waals surface area contributed by atoms with E-state index in [4.69, 9.17) is 13.5 Å². The summed E-state index contributed by atoms with van der Waals surface area (Å²) in [5.74, 6) is -2.53. The molecule has 8 nitrogen and oxygen atoms in total. The highest BCUT2D eigenvalue weighted by Crippen LogP contribution is 2.55. The second-order valence-corrected chi connectivity index (χ2v) is 8.40. The second-order valence-electron chi connectivity index (χ2n) is 5.17. The first-order valence-electron chi connectivity index (χ1n) is 5.74. The monoisotopic (exact) mass is 312 g/mol. The molecule has 0 aromatic heterocycles. The van der Waals surface area contributed by atoms with Crippen molar-refractivity contribution in [2.75, 3.05) is 5.75 Å². The normalized spacial score (nSPS) is 42.5. The SMILES string of the molecule is O=C(CS(=O)(=O)O)O[C@@H]1C2CC3C1OS(=O)(=O)C3C2. The van der Waals surface area contributed by atoms with Crippen LogP contribution < -0.4 is 0 Å². The van der Waals surface area contributed by atoms with Gasteiger partial charge < -0.3 is 4.74 Å². The van der Waals surface area contributed by atoms with Gasteiger partial charge in [-0.15, -0.1) is 0 Å². The number of fused-ring (bicyclic) bond motifs is 1. The molecule has 3 fully saturated rings. The standard InChI is InChI=1S/C9H12O8S2/c10-7(3-18(11,12)13)16-8-4-1-5-6(2-4)19(14,15)17-9(5)8/h4-6,8-9H,1-3H2,(H,11,12,13)/t4?,5?,6?,8-,9?/m1/s1. The molecule has 3 rings (SSSR count). The van der Waals surface area contributed by atoms with Gasteiger partial charge in [0.1, 0.15) is 12.2 Å². The zero-order chi connectivity index (χ0) is 14.0. The fourth-order valence-corrected chi connectivity index (χ4v) is 5.63. The van der Waals surface area contributed by atoms with Crippen LogP contribution in [0.4, 0.5) is 0 Å². The summed E-state index contributed by atoms with van der Waals surface area (Å²) in [6.45, 7) is 0. The fourth-order valence-electron chi connectivity index (χ4n) is 3.38. The average Bonchev–Trinajstić information content (AvgIpc) is 2.78.